The Kier molecular flexibility index (Phi) is 4.30. The topological polar surface area (TPSA) is 116 Å². The molecule has 0 radical (unpaired) electrons. The lowest BCUT2D eigenvalue weighted by Crippen LogP contribution is -2.05. The van der Waals surface area contributed by atoms with E-state index in [1.54, 1.807) is 41.9 Å². The molecule has 0 saturated heterocycles. The van der Waals surface area contributed by atoms with Crippen molar-refractivity contribution >= 4 is 55.4 Å². The van der Waals surface area contributed by atoms with E-state index < -0.39 is 9.84 Å². The minimum atomic E-state index is -3.90. The second-order valence-corrected chi connectivity index (χ2v) is 9.41. The molecule has 2 N–H and O–H groups in total. The maximum Gasteiger partial charge on any atom is 0.221 e. The zero-order valence-electron chi connectivity index (χ0n) is 15.4. The molecule has 0 atom stereocenters. The summed E-state index contributed by atoms with van der Waals surface area (Å²) in [5.74, 6) is -0.0547. The molecule has 0 unspecified atom stereocenters. The number of nitrogens with zero attached hydrogens (tertiary/aromatic N) is 5. The van der Waals surface area contributed by atoms with Gasteiger partial charge < -0.3 is 5.73 Å². The first-order valence-corrected chi connectivity index (χ1v) is 11.2. The zero-order valence-corrected chi connectivity index (χ0v) is 17.0. The van der Waals surface area contributed by atoms with Crippen molar-refractivity contribution in [3.8, 4) is 0 Å². The number of hydrogen-bond donors (Lipinski definition) is 1. The van der Waals surface area contributed by atoms with E-state index in [0.29, 0.717) is 16.7 Å². The maximum absolute atomic E-state index is 13.3. The number of pyridine rings is 1. The number of benzene rings is 1. The summed E-state index contributed by atoms with van der Waals surface area (Å²) in [4.78, 5) is 13.2. The Bertz CT molecular complexity index is 1510. The summed E-state index contributed by atoms with van der Waals surface area (Å²) in [7, 11) is -3.90. The Morgan fingerprint density at radius 1 is 1.00 bits per heavy atom. The molecule has 10 heteroatoms. The molecule has 0 saturated carbocycles. The van der Waals surface area contributed by atoms with Crippen molar-refractivity contribution in [1.29, 1.82) is 0 Å². The van der Waals surface area contributed by atoms with Crippen LogP contribution in [0.4, 0.5) is 5.82 Å². The monoisotopic (exact) mass is 434 g/mol. The quantitative estimate of drug-likeness (QED) is 0.434. The summed E-state index contributed by atoms with van der Waals surface area (Å²) in [6.45, 7) is 0. The summed E-state index contributed by atoms with van der Waals surface area (Å²) in [6, 6.07) is 15.8. The molecule has 4 aromatic heterocycles. The minimum Gasteiger partial charge on any atom is -0.382 e. The lowest BCUT2D eigenvalue weighted by atomic mass is 10.3. The molecule has 148 valence electrons. The largest absolute Gasteiger partial charge is 0.382 e. The molecule has 4 heterocycles. The van der Waals surface area contributed by atoms with E-state index in [4.69, 9.17) is 5.73 Å². The highest BCUT2D eigenvalue weighted by Crippen LogP contribution is 2.36. The Labute approximate surface area is 175 Å². The number of nitrogen functional groups attached to an aromatic ring is 1. The van der Waals surface area contributed by atoms with E-state index >= 15 is 0 Å². The van der Waals surface area contributed by atoms with Gasteiger partial charge in [-0.05, 0) is 35.7 Å². The number of hydrogen-bond acceptors (Lipinski definition) is 8. The lowest BCUT2D eigenvalue weighted by Gasteiger charge is -2.02. The van der Waals surface area contributed by atoms with Crippen LogP contribution in [0.15, 0.2) is 80.4 Å². The van der Waals surface area contributed by atoms with Gasteiger partial charge in [-0.25, -0.2) is 18.4 Å². The van der Waals surface area contributed by atoms with Crippen molar-refractivity contribution in [3.05, 3.63) is 71.9 Å². The minimum absolute atomic E-state index is 0.0547. The van der Waals surface area contributed by atoms with Gasteiger partial charge in [0.25, 0.3) is 0 Å². The van der Waals surface area contributed by atoms with Gasteiger partial charge in [0.05, 0.1) is 22.9 Å². The van der Waals surface area contributed by atoms with Gasteiger partial charge in [-0.3, -0.25) is 4.98 Å². The summed E-state index contributed by atoms with van der Waals surface area (Å²) in [5.41, 5.74) is 8.51. The third kappa shape index (κ3) is 2.93. The Morgan fingerprint density at radius 2 is 1.77 bits per heavy atom. The average Bonchev–Trinajstić information content (AvgIpc) is 3.38. The molecule has 0 amide bonds. The van der Waals surface area contributed by atoms with Crippen LogP contribution < -0.4 is 5.73 Å². The number of nitrogens with two attached hydrogens (primary N) is 1. The summed E-state index contributed by atoms with van der Waals surface area (Å²) in [5, 5.41) is 6.06. The number of para-hydroxylation sites is 2. The smallest absolute Gasteiger partial charge is 0.221 e. The molecular formula is C20H14N6O2S2. The normalized spacial score (nSPS) is 12.3. The van der Waals surface area contributed by atoms with Crippen LogP contribution in [0.3, 0.4) is 0 Å². The van der Waals surface area contributed by atoms with E-state index in [1.165, 1.54) is 17.0 Å². The molecule has 1 aromatic carbocycles. The van der Waals surface area contributed by atoms with Gasteiger partial charge in [0.1, 0.15) is 20.4 Å². The zero-order chi connectivity index (χ0) is 20.7. The number of rotatable bonds is 4. The summed E-state index contributed by atoms with van der Waals surface area (Å²) in [6.07, 6.45) is 3.13. The van der Waals surface area contributed by atoms with Crippen molar-refractivity contribution in [2.45, 2.75) is 9.10 Å². The van der Waals surface area contributed by atoms with Gasteiger partial charge in [0.2, 0.25) is 9.84 Å². The molecule has 0 bridgehead atoms. The van der Waals surface area contributed by atoms with Crippen LogP contribution in [0, 0.1) is 0 Å². The molecule has 0 fully saturated rings. The van der Waals surface area contributed by atoms with Crippen LogP contribution in [0.5, 0.6) is 0 Å². The fourth-order valence-electron chi connectivity index (χ4n) is 3.09. The van der Waals surface area contributed by atoms with Gasteiger partial charge in [0, 0.05) is 6.20 Å². The van der Waals surface area contributed by atoms with Crippen LogP contribution in [0.2, 0.25) is 0 Å². The average molecular weight is 435 g/mol. The van der Waals surface area contributed by atoms with E-state index in [1.807, 2.05) is 18.2 Å². The van der Waals surface area contributed by atoms with Gasteiger partial charge in [-0.2, -0.15) is 9.78 Å². The third-order valence-electron chi connectivity index (χ3n) is 4.45. The van der Waals surface area contributed by atoms with E-state index in [9.17, 15) is 8.42 Å². The SMILES string of the molecule is Nc1c(S(=O)(=O)c2cccs2)c2nc3ccccc3nc2n1N=Cc1ccccn1. The van der Waals surface area contributed by atoms with Crippen LogP contribution in [-0.2, 0) is 9.84 Å². The Balaban J connectivity index is 1.83. The van der Waals surface area contributed by atoms with Crippen molar-refractivity contribution in [1.82, 2.24) is 19.6 Å². The third-order valence-corrected chi connectivity index (χ3v) is 7.66. The molecule has 0 aliphatic rings. The molecule has 0 spiro atoms. The number of sulfone groups is 1. The fourth-order valence-corrected chi connectivity index (χ4v) is 5.67. The molecule has 5 aromatic rings. The highest BCUT2D eigenvalue weighted by atomic mass is 32.2. The number of aromatic nitrogens is 4. The fraction of sp³-hybridized carbons (Fsp3) is 0. The molecule has 5 rings (SSSR count). The molecular weight excluding hydrogens is 420 g/mol. The Morgan fingerprint density at radius 3 is 2.47 bits per heavy atom. The van der Waals surface area contributed by atoms with Crippen molar-refractivity contribution in [2.75, 3.05) is 5.73 Å². The highest BCUT2D eigenvalue weighted by molar-refractivity contribution is 7.93. The number of thiophene rings is 1. The van der Waals surface area contributed by atoms with Gasteiger partial charge in [-0.15, -0.1) is 11.3 Å². The summed E-state index contributed by atoms with van der Waals surface area (Å²) < 4.78 is 28.2. The molecule has 8 nitrogen and oxygen atoms in total. The van der Waals surface area contributed by atoms with E-state index in [-0.39, 0.29) is 26.1 Å². The van der Waals surface area contributed by atoms with Crippen LogP contribution in [0.25, 0.3) is 22.2 Å². The Hall–Kier alpha value is -3.63. The molecule has 0 aliphatic carbocycles. The van der Waals surface area contributed by atoms with Gasteiger partial charge >= 0.3 is 0 Å². The molecule has 0 aliphatic heterocycles. The lowest BCUT2D eigenvalue weighted by molar-refractivity contribution is 0.599. The second-order valence-electron chi connectivity index (χ2n) is 6.35. The van der Waals surface area contributed by atoms with E-state index in [2.05, 4.69) is 20.1 Å². The highest BCUT2D eigenvalue weighted by Gasteiger charge is 2.31. The van der Waals surface area contributed by atoms with Crippen molar-refractivity contribution in [2.24, 2.45) is 5.10 Å². The predicted molar refractivity (Wildman–Crippen MR) is 116 cm³/mol. The standard InChI is InChI=1S/C20H14N6O2S2/c21-19-18(30(27,28)16-9-5-11-29-16)17-20(25-15-8-2-1-7-14(15)24-17)26(19)23-12-13-6-3-4-10-22-13/h1-12H,21H2. The number of fused-ring (bicyclic) bond motifs is 2. The van der Waals surface area contributed by atoms with Crippen LogP contribution in [0.1, 0.15) is 5.69 Å². The first-order chi connectivity index (χ1) is 14.6. The predicted octanol–water partition coefficient (Wildman–Crippen LogP) is 3.34. The second kappa shape index (κ2) is 7.01. The van der Waals surface area contributed by atoms with E-state index in [0.717, 1.165) is 11.3 Å². The molecule has 30 heavy (non-hydrogen) atoms. The summed E-state index contributed by atoms with van der Waals surface area (Å²) >= 11 is 1.12. The van der Waals surface area contributed by atoms with Crippen LogP contribution >= 0.6 is 11.3 Å². The van der Waals surface area contributed by atoms with Crippen LogP contribution in [-0.4, -0.2) is 34.3 Å². The first kappa shape index (κ1) is 18.4. The number of anilines is 1. The van der Waals surface area contributed by atoms with Gasteiger partial charge in [0.15, 0.2) is 5.65 Å². The van der Waals surface area contributed by atoms with Gasteiger partial charge in [-0.1, -0.05) is 24.3 Å². The first-order valence-electron chi connectivity index (χ1n) is 8.86. The maximum atomic E-state index is 13.3. The van der Waals surface area contributed by atoms with Crippen molar-refractivity contribution < 1.29 is 8.42 Å². The van der Waals surface area contributed by atoms with Crippen molar-refractivity contribution in [3.63, 3.8) is 0 Å².